The van der Waals surface area contributed by atoms with Crippen LogP contribution in [0.25, 0.3) is 0 Å². The lowest BCUT2D eigenvalue weighted by atomic mass is 10.2. The third-order valence-corrected chi connectivity index (χ3v) is 3.25. The molecule has 1 heterocycles. The van der Waals surface area contributed by atoms with Crippen LogP contribution in [-0.2, 0) is 9.47 Å². The third kappa shape index (κ3) is 4.78. The van der Waals surface area contributed by atoms with Gasteiger partial charge in [0.25, 0.3) is 0 Å². The molecule has 4 heteroatoms. The molecule has 0 amide bonds. The van der Waals surface area contributed by atoms with Crippen molar-refractivity contribution in [2.45, 2.75) is 19.4 Å². The van der Waals surface area contributed by atoms with Crippen molar-refractivity contribution in [2.75, 3.05) is 60.2 Å². The first-order chi connectivity index (χ1) is 7.77. The summed E-state index contributed by atoms with van der Waals surface area (Å²) in [6.45, 7) is 9.76. The second-order valence-electron chi connectivity index (χ2n) is 4.52. The maximum atomic E-state index is 5.13. The largest absolute Gasteiger partial charge is 0.385 e. The zero-order valence-corrected chi connectivity index (χ0v) is 10.9. The van der Waals surface area contributed by atoms with E-state index in [1.54, 1.807) is 14.2 Å². The highest BCUT2D eigenvalue weighted by molar-refractivity contribution is 4.78. The molecular weight excluding hydrogens is 204 g/mol. The van der Waals surface area contributed by atoms with Gasteiger partial charge in [-0.2, -0.15) is 0 Å². The summed E-state index contributed by atoms with van der Waals surface area (Å²) in [5, 5.41) is 0. The normalized spacial score (nSPS) is 23.8. The minimum atomic E-state index is 0.645. The molecule has 0 N–H and O–H groups in total. The highest BCUT2D eigenvalue weighted by atomic mass is 16.5. The number of ether oxygens (including phenoxy) is 2. The van der Waals surface area contributed by atoms with Gasteiger partial charge in [0.1, 0.15) is 0 Å². The summed E-state index contributed by atoms with van der Waals surface area (Å²) < 4.78 is 10.2. The van der Waals surface area contributed by atoms with Gasteiger partial charge in [-0.15, -0.1) is 0 Å². The van der Waals surface area contributed by atoms with Crippen LogP contribution in [0.15, 0.2) is 0 Å². The van der Waals surface area contributed by atoms with Crippen LogP contribution < -0.4 is 0 Å². The van der Waals surface area contributed by atoms with Crippen molar-refractivity contribution in [3.05, 3.63) is 0 Å². The van der Waals surface area contributed by atoms with E-state index in [4.69, 9.17) is 9.47 Å². The van der Waals surface area contributed by atoms with Crippen molar-refractivity contribution in [3.63, 3.8) is 0 Å². The van der Waals surface area contributed by atoms with E-state index in [2.05, 4.69) is 16.7 Å². The second-order valence-corrected chi connectivity index (χ2v) is 4.52. The highest BCUT2D eigenvalue weighted by Crippen LogP contribution is 2.09. The number of hydrogen-bond acceptors (Lipinski definition) is 4. The topological polar surface area (TPSA) is 24.9 Å². The summed E-state index contributed by atoms with van der Waals surface area (Å²) in [6.07, 6.45) is 1.14. The van der Waals surface area contributed by atoms with E-state index in [-0.39, 0.29) is 0 Å². The van der Waals surface area contributed by atoms with Crippen LogP contribution in [0.2, 0.25) is 0 Å². The van der Waals surface area contributed by atoms with E-state index in [1.165, 1.54) is 13.1 Å². The standard InChI is InChI=1S/C12H26N2O2/c1-12-11-13(5-4-9-15-2)6-7-14(12)8-10-16-3/h12H,4-11H2,1-3H3/t12-/m0/s1. The third-order valence-electron chi connectivity index (χ3n) is 3.25. The monoisotopic (exact) mass is 230 g/mol. The average molecular weight is 230 g/mol. The summed E-state index contributed by atoms with van der Waals surface area (Å²) >= 11 is 0. The SMILES string of the molecule is COCCCN1CCN(CCOC)[C@@H](C)C1. The van der Waals surface area contributed by atoms with E-state index < -0.39 is 0 Å². The van der Waals surface area contributed by atoms with Gasteiger partial charge in [0.2, 0.25) is 0 Å². The molecule has 0 aromatic rings. The minimum Gasteiger partial charge on any atom is -0.385 e. The minimum absolute atomic E-state index is 0.645. The molecule has 1 saturated heterocycles. The Morgan fingerprint density at radius 1 is 1.06 bits per heavy atom. The van der Waals surface area contributed by atoms with Crippen molar-refractivity contribution in [1.82, 2.24) is 9.80 Å². The fraction of sp³-hybridized carbons (Fsp3) is 1.00. The number of rotatable bonds is 7. The van der Waals surface area contributed by atoms with Gasteiger partial charge < -0.3 is 14.4 Å². The summed E-state index contributed by atoms with van der Waals surface area (Å²) in [6, 6.07) is 0.645. The second kappa shape index (κ2) is 8.01. The van der Waals surface area contributed by atoms with Crippen LogP contribution in [-0.4, -0.2) is 76.0 Å². The summed E-state index contributed by atoms with van der Waals surface area (Å²) in [5.74, 6) is 0. The Bertz CT molecular complexity index is 178. The molecule has 1 fully saturated rings. The Morgan fingerprint density at radius 2 is 1.81 bits per heavy atom. The van der Waals surface area contributed by atoms with Gasteiger partial charge in [0.15, 0.2) is 0 Å². The van der Waals surface area contributed by atoms with Crippen LogP contribution >= 0.6 is 0 Å². The molecular formula is C12H26N2O2. The van der Waals surface area contributed by atoms with Crippen molar-refractivity contribution < 1.29 is 9.47 Å². The van der Waals surface area contributed by atoms with Gasteiger partial charge in [-0.25, -0.2) is 0 Å². The van der Waals surface area contributed by atoms with Gasteiger partial charge in [0, 0.05) is 59.6 Å². The molecule has 0 unspecified atom stereocenters. The molecule has 0 spiro atoms. The number of hydrogen-bond donors (Lipinski definition) is 0. The molecule has 1 aliphatic heterocycles. The van der Waals surface area contributed by atoms with Crippen LogP contribution in [0.5, 0.6) is 0 Å². The first-order valence-corrected chi connectivity index (χ1v) is 6.22. The van der Waals surface area contributed by atoms with Crippen molar-refractivity contribution in [1.29, 1.82) is 0 Å². The summed E-state index contributed by atoms with van der Waals surface area (Å²) in [7, 11) is 3.54. The van der Waals surface area contributed by atoms with Gasteiger partial charge in [-0.3, -0.25) is 4.90 Å². The Morgan fingerprint density at radius 3 is 2.44 bits per heavy atom. The summed E-state index contributed by atoms with van der Waals surface area (Å²) in [4.78, 5) is 5.04. The van der Waals surface area contributed by atoms with Crippen molar-refractivity contribution in [3.8, 4) is 0 Å². The number of nitrogens with zero attached hydrogens (tertiary/aromatic N) is 2. The van der Waals surface area contributed by atoms with Crippen molar-refractivity contribution >= 4 is 0 Å². The smallest absolute Gasteiger partial charge is 0.0589 e. The molecule has 4 nitrogen and oxygen atoms in total. The summed E-state index contributed by atoms with van der Waals surface area (Å²) in [5.41, 5.74) is 0. The Hall–Kier alpha value is -0.160. The molecule has 1 rings (SSSR count). The van der Waals surface area contributed by atoms with E-state index in [9.17, 15) is 0 Å². The fourth-order valence-corrected chi connectivity index (χ4v) is 2.25. The van der Waals surface area contributed by atoms with Crippen LogP contribution in [0.1, 0.15) is 13.3 Å². The Balaban J connectivity index is 2.17. The predicted molar refractivity (Wildman–Crippen MR) is 65.8 cm³/mol. The first kappa shape index (κ1) is 13.9. The van der Waals surface area contributed by atoms with Gasteiger partial charge in [-0.05, 0) is 13.3 Å². The first-order valence-electron chi connectivity index (χ1n) is 6.22. The number of methoxy groups -OCH3 is 2. The van der Waals surface area contributed by atoms with E-state index in [1.807, 2.05) is 0 Å². The molecule has 0 bridgehead atoms. The Labute approximate surface area is 99.5 Å². The van der Waals surface area contributed by atoms with Crippen LogP contribution in [0.3, 0.4) is 0 Å². The molecule has 0 aromatic heterocycles. The lowest BCUT2D eigenvalue weighted by Crippen LogP contribution is -2.52. The lowest BCUT2D eigenvalue weighted by Gasteiger charge is -2.39. The molecule has 1 aliphatic rings. The molecule has 1 atom stereocenters. The van der Waals surface area contributed by atoms with E-state index >= 15 is 0 Å². The van der Waals surface area contributed by atoms with E-state index in [0.29, 0.717) is 6.04 Å². The molecule has 0 aromatic carbocycles. The molecule has 0 saturated carbocycles. The fourth-order valence-electron chi connectivity index (χ4n) is 2.25. The molecule has 0 radical (unpaired) electrons. The van der Waals surface area contributed by atoms with Gasteiger partial charge >= 0.3 is 0 Å². The zero-order chi connectivity index (χ0) is 11.8. The molecule has 96 valence electrons. The molecule has 16 heavy (non-hydrogen) atoms. The average Bonchev–Trinajstić information content (AvgIpc) is 2.28. The van der Waals surface area contributed by atoms with Crippen molar-refractivity contribution in [2.24, 2.45) is 0 Å². The number of piperazine rings is 1. The maximum Gasteiger partial charge on any atom is 0.0589 e. The van der Waals surface area contributed by atoms with Crippen LogP contribution in [0, 0.1) is 0 Å². The van der Waals surface area contributed by atoms with Gasteiger partial charge in [-0.1, -0.05) is 0 Å². The molecule has 0 aliphatic carbocycles. The van der Waals surface area contributed by atoms with Gasteiger partial charge in [0.05, 0.1) is 6.61 Å². The Kier molecular flexibility index (Phi) is 6.96. The highest BCUT2D eigenvalue weighted by Gasteiger charge is 2.22. The van der Waals surface area contributed by atoms with E-state index in [0.717, 1.165) is 39.3 Å². The lowest BCUT2D eigenvalue weighted by molar-refractivity contribution is 0.0548. The zero-order valence-electron chi connectivity index (χ0n) is 10.9. The quantitative estimate of drug-likeness (QED) is 0.600. The van der Waals surface area contributed by atoms with Crippen LogP contribution in [0.4, 0.5) is 0 Å². The maximum absolute atomic E-state index is 5.13. The predicted octanol–water partition coefficient (Wildman–Crippen LogP) is 0.675.